The molecule has 0 radical (unpaired) electrons. The maximum atomic E-state index is 14.8. The number of halogens is 1. The summed E-state index contributed by atoms with van der Waals surface area (Å²) in [5, 5.41) is 12.9. The van der Waals surface area contributed by atoms with Crippen LogP contribution in [0.4, 0.5) is 4.39 Å². The van der Waals surface area contributed by atoms with Crippen LogP contribution in [0.2, 0.25) is 0 Å². The van der Waals surface area contributed by atoms with Gasteiger partial charge in [-0.1, -0.05) is 24.3 Å². The summed E-state index contributed by atoms with van der Waals surface area (Å²) in [5.41, 5.74) is 0.375. The van der Waals surface area contributed by atoms with Gasteiger partial charge in [0.2, 0.25) is 0 Å². The third-order valence-electron chi connectivity index (χ3n) is 5.08. The van der Waals surface area contributed by atoms with E-state index >= 15 is 0 Å². The van der Waals surface area contributed by atoms with Crippen LogP contribution in [0.5, 0.6) is 5.75 Å². The Balaban J connectivity index is 1.84. The molecule has 1 amide bonds. The molecule has 0 saturated carbocycles. The maximum Gasteiger partial charge on any atom is 0.295 e. The van der Waals surface area contributed by atoms with Crippen molar-refractivity contribution in [2.75, 3.05) is 6.61 Å². The van der Waals surface area contributed by atoms with E-state index in [0.29, 0.717) is 17.9 Å². The van der Waals surface area contributed by atoms with E-state index in [4.69, 9.17) is 4.74 Å². The third kappa shape index (κ3) is 3.96. The van der Waals surface area contributed by atoms with Crippen molar-refractivity contribution in [3.05, 3.63) is 93.4 Å². The number of likely N-dealkylation sites (tertiary alicyclic amines) is 1. The highest BCUT2D eigenvalue weighted by Gasteiger charge is 2.47. The molecule has 1 aliphatic heterocycles. The Labute approximate surface area is 183 Å². The van der Waals surface area contributed by atoms with Crippen LogP contribution in [0, 0.1) is 5.82 Å². The van der Waals surface area contributed by atoms with E-state index in [2.05, 4.69) is 0 Å². The first-order valence-corrected chi connectivity index (χ1v) is 10.7. The number of carbonyl (C=O) groups is 2. The number of amides is 1. The van der Waals surface area contributed by atoms with Crippen LogP contribution in [0.3, 0.4) is 0 Å². The second-order valence-corrected chi connectivity index (χ2v) is 8.02. The van der Waals surface area contributed by atoms with Crippen molar-refractivity contribution in [2.45, 2.75) is 19.5 Å². The zero-order valence-corrected chi connectivity index (χ0v) is 17.6. The van der Waals surface area contributed by atoms with Crippen LogP contribution < -0.4 is 4.74 Å². The van der Waals surface area contributed by atoms with Gasteiger partial charge in [0.15, 0.2) is 0 Å². The standard InChI is InChI=1S/C24H20FNO4S/c1-2-30-16-11-9-15(10-12-16)22(27)20-21(18-7-3-4-8-19(18)25)26(24(29)23(20)28)14-17-6-5-13-31-17/h3-13,21,27H,2,14H2,1H3/b22-20+. The van der Waals surface area contributed by atoms with Gasteiger partial charge in [0, 0.05) is 16.0 Å². The van der Waals surface area contributed by atoms with Crippen molar-refractivity contribution in [1.29, 1.82) is 0 Å². The molecular weight excluding hydrogens is 417 g/mol. The highest BCUT2D eigenvalue weighted by atomic mass is 32.1. The molecule has 0 spiro atoms. The Morgan fingerprint density at radius 3 is 2.48 bits per heavy atom. The molecule has 0 bridgehead atoms. The van der Waals surface area contributed by atoms with Gasteiger partial charge in [-0.25, -0.2) is 4.39 Å². The summed E-state index contributed by atoms with van der Waals surface area (Å²) in [6, 6.07) is 15.2. The number of Topliss-reactive ketones (excluding diaryl/α,β-unsaturated/α-hetero) is 1. The van der Waals surface area contributed by atoms with Gasteiger partial charge in [-0.05, 0) is 48.7 Å². The molecule has 158 valence electrons. The fourth-order valence-corrected chi connectivity index (χ4v) is 4.37. The summed E-state index contributed by atoms with van der Waals surface area (Å²) in [6.45, 7) is 2.49. The molecule has 1 atom stereocenters. The van der Waals surface area contributed by atoms with Crippen LogP contribution in [-0.2, 0) is 16.1 Å². The molecule has 1 N–H and O–H groups in total. The van der Waals surface area contributed by atoms with E-state index in [1.54, 1.807) is 30.3 Å². The van der Waals surface area contributed by atoms with E-state index < -0.39 is 23.5 Å². The number of aliphatic hydroxyl groups excluding tert-OH is 1. The summed E-state index contributed by atoms with van der Waals surface area (Å²) in [5.74, 6) is -1.89. The Bertz CT molecular complexity index is 1140. The topological polar surface area (TPSA) is 66.8 Å². The molecule has 4 rings (SSSR count). The van der Waals surface area contributed by atoms with Gasteiger partial charge in [-0.2, -0.15) is 0 Å². The number of ketones is 1. The predicted molar refractivity (Wildman–Crippen MR) is 116 cm³/mol. The van der Waals surface area contributed by atoms with Crippen LogP contribution in [0.1, 0.15) is 29.0 Å². The summed E-state index contributed by atoms with van der Waals surface area (Å²) >= 11 is 1.44. The average Bonchev–Trinajstić information content (AvgIpc) is 3.37. The molecule has 7 heteroatoms. The van der Waals surface area contributed by atoms with Crippen LogP contribution in [0.25, 0.3) is 5.76 Å². The maximum absolute atomic E-state index is 14.8. The van der Waals surface area contributed by atoms with Crippen LogP contribution >= 0.6 is 11.3 Å². The summed E-state index contributed by atoms with van der Waals surface area (Å²) in [6.07, 6.45) is 0. The van der Waals surface area contributed by atoms with Crippen molar-refractivity contribution >= 4 is 28.8 Å². The molecule has 0 aliphatic carbocycles. The summed E-state index contributed by atoms with van der Waals surface area (Å²) in [7, 11) is 0. The Morgan fingerprint density at radius 2 is 1.84 bits per heavy atom. The summed E-state index contributed by atoms with van der Waals surface area (Å²) < 4.78 is 20.2. The van der Waals surface area contributed by atoms with Crippen molar-refractivity contribution in [3.8, 4) is 5.75 Å². The lowest BCUT2D eigenvalue weighted by Gasteiger charge is -2.25. The lowest BCUT2D eigenvalue weighted by molar-refractivity contribution is -0.140. The summed E-state index contributed by atoms with van der Waals surface area (Å²) in [4.78, 5) is 28.0. The zero-order valence-electron chi connectivity index (χ0n) is 16.7. The lowest BCUT2D eigenvalue weighted by Crippen LogP contribution is -2.29. The molecule has 1 aliphatic rings. The van der Waals surface area contributed by atoms with Gasteiger partial charge in [0.25, 0.3) is 11.7 Å². The molecule has 1 saturated heterocycles. The van der Waals surface area contributed by atoms with E-state index in [-0.39, 0.29) is 23.4 Å². The second kappa shape index (κ2) is 8.73. The number of rotatable bonds is 6. The fraction of sp³-hybridized carbons (Fsp3) is 0.167. The van der Waals surface area contributed by atoms with Gasteiger partial charge in [-0.15, -0.1) is 11.3 Å². The van der Waals surface area contributed by atoms with E-state index in [9.17, 15) is 19.1 Å². The van der Waals surface area contributed by atoms with Crippen molar-refractivity contribution < 1.29 is 23.8 Å². The number of aliphatic hydroxyl groups is 1. The molecule has 2 aromatic carbocycles. The first-order valence-electron chi connectivity index (χ1n) is 9.79. The third-order valence-corrected chi connectivity index (χ3v) is 5.95. The molecule has 1 aromatic heterocycles. The monoisotopic (exact) mass is 437 g/mol. The molecule has 5 nitrogen and oxygen atoms in total. The lowest BCUT2D eigenvalue weighted by atomic mass is 9.95. The number of hydrogen-bond acceptors (Lipinski definition) is 5. The van der Waals surface area contributed by atoms with Crippen molar-refractivity contribution in [1.82, 2.24) is 4.90 Å². The number of carbonyl (C=O) groups excluding carboxylic acids is 2. The van der Waals surface area contributed by atoms with Gasteiger partial charge < -0.3 is 14.7 Å². The van der Waals surface area contributed by atoms with Crippen LogP contribution in [-0.4, -0.2) is 28.3 Å². The Hall–Kier alpha value is -3.45. The highest BCUT2D eigenvalue weighted by Crippen LogP contribution is 2.41. The van der Waals surface area contributed by atoms with Crippen molar-refractivity contribution in [2.24, 2.45) is 0 Å². The normalized spacial score (nSPS) is 17.9. The largest absolute Gasteiger partial charge is 0.507 e. The molecule has 31 heavy (non-hydrogen) atoms. The van der Waals surface area contributed by atoms with E-state index in [0.717, 1.165) is 4.88 Å². The van der Waals surface area contributed by atoms with Gasteiger partial charge in [0.05, 0.1) is 24.8 Å². The number of hydrogen-bond donors (Lipinski definition) is 1. The van der Waals surface area contributed by atoms with Crippen LogP contribution in [0.15, 0.2) is 71.6 Å². The molecule has 1 fully saturated rings. The number of nitrogens with zero attached hydrogens (tertiary/aromatic N) is 1. The first kappa shape index (κ1) is 20.8. The predicted octanol–water partition coefficient (Wildman–Crippen LogP) is 4.91. The fourth-order valence-electron chi connectivity index (χ4n) is 3.66. The molecular formula is C24H20FNO4S. The molecule has 3 aromatic rings. The average molecular weight is 437 g/mol. The number of ether oxygens (including phenoxy) is 1. The quantitative estimate of drug-likeness (QED) is 0.338. The van der Waals surface area contributed by atoms with E-state index in [1.165, 1.54) is 34.4 Å². The Kier molecular flexibility index (Phi) is 5.86. The minimum atomic E-state index is -1.03. The molecule has 2 heterocycles. The van der Waals surface area contributed by atoms with Crippen molar-refractivity contribution in [3.63, 3.8) is 0 Å². The zero-order chi connectivity index (χ0) is 22.0. The molecule has 1 unspecified atom stereocenters. The van der Waals surface area contributed by atoms with E-state index in [1.807, 2.05) is 24.4 Å². The number of benzene rings is 2. The van der Waals surface area contributed by atoms with Gasteiger partial charge >= 0.3 is 0 Å². The van der Waals surface area contributed by atoms with Gasteiger partial charge in [-0.3, -0.25) is 9.59 Å². The number of thiophene rings is 1. The second-order valence-electron chi connectivity index (χ2n) is 6.99. The minimum absolute atomic E-state index is 0.129. The SMILES string of the molecule is CCOc1ccc(/C(O)=C2\C(=O)C(=O)N(Cc3cccs3)C2c2ccccc2F)cc1. The smallest absolute Gasteiger partial charge is 0.295 e. The first-order chi connectivity index (χ1) is 15.0. The Morgan fingerprint density at radius 1 is 1.10 bits per heavy atom. The van der Waals surface area contributed by atoms with Gasteiger partial charge in [0.1, 0.15) is 17.3 Å². The highest BCUT2D eigenvalue weighted by molar-refractivity contribution is 7.09. The minimum Gasteiger partial charge on any atom is -0.507 e.